The Morgan fingerprint density at radius 2 is 1.56 bits per heavy atom. The number of benzene rings is 2. The Morgan fingerprint density at radius 3 is 2.12 bits per heavy atom. The maximum absolute atomic E-state index is 12.6. The number of rotatable bonds is 3. The van der Waals surface area contributed by atoms with E-state index in [9.17, 15) is 4.79 Å². The van der Waals surface area contributed by atoms with Gasteiger partial charge in [0.25, 0.3) is 0 Å². The van der Waals surface area contributed by atoms with Crippen molar-refractivity contribution in [2.24, 2.45) is 0 Å². The highest BCUT2D eigenvalue weighted by Gasteiger charge is 2.22. The van der Waals surface area contributed by atoms with Crippen molar-refractivity contribution in [3.05, 3.63) is 59.2 Å². The van der Waals surface area contributed by atoms with E-state index in [1.807, 2.05) is 36.9 Å². The average Bonchev–Trinajstić information content (AvgIpc) is 2.65. The van der Waals surface area contributed by atoms with Crippen LogP contribution in [0, 0.1) is 13.8 Å². The predicted molar refractivity (Wildman–Crippen MR) is 105 cm³/mol. The van der Waals surface area contributed by atoms with Crippen LogP contribution in [0.2, 0.25) is 0 Å². The molecule has 132 valence electrons. The first-order chi connectivity index (χ1) is 12.1. The van der Waals surface area contributed by atoms with Crippen molar-refractivity contribution in [1.82, 2.24) is 4.90 Å². The molecule has 4 heteroatoms. The minimum atomic E-state index is -0.00150. The molecule has 0 atom stereocenters. The SMILES string of the molecule is CCc1ccc(N2CCN(C(=O)Nc3c(C)cccc3C)CC2)cc1. The van der Waals surface area contributed by atoms with E-state index in [0.29, 0.717) is 0 Å². The molecule has 1 fully saturated rings. The smallest absolute Gasteiger partial charge is 0.321 e. The van der Waals surface area contributed by atoms with E-state index in [-0.39, 0.29) is 6.03 Å². The molecule has 2 amide bonds. The van der Waals surface area contributed by atoms with Crippen LogP contribution in [-0.2, 0) is 6.42 Å². The van der Waals surface area contributed by atoms with Crippen LogP contribution in [0.4, 0.5) is 16.2 Å². The van der Waals surface area contributed by atoms with Crippen molar-refractivity contribution in [2.75, 3.05) is 36.4 Å². The molecular formula is C21H27N3O. The van der Waals surface area contributed by atoms with Crippen molar-refractivity contribution in [2.45, 2.75) is 27.2 Å². The van der Waals surface area contributed by atoms with Crippen LogP contribution < -0.4 is 10.2 Å². The van der Waals surface area contributed by atoms with Gasteiger partial charge in [0.05, 0.1) is 0 Å². The molecule has 0 unspecified atom stereocenters. The molecule has 0 radical (unpaired) electrons. The summed E-state index contributed by atoms with van der Waals surface area (Å²) in [5, 5.41) is 3.09. The van der Waals surface area contributed by atoms with Gasteiger partial charge in [-0.3, -0.25) is 0 Å². The quantitative estimate of drug-likeness (QED) is 0.910. The van der Waals surface area contributed by atoms with Gasteiger partial charge in [-0.05, 0) is 49.1 Å². The zero-order valence-corrected chi connectivity index (χ0v) is 15.4. The summed E-state index contributed by atoms with van der Waals surface area (Å²) in [6.45, 7) is 9.44. The van der Waals surface area contributed by atoms with E-state index >= 15 is 0 Å². The number of piperazine rings is 1. The molecule has 2 aromatic carbocycles. The molecule has 0 bridgehead atoms. The molecule has 1 heterocycles. The first-order valence-corrected chi connectivity index (χ1v) is 9.04. The Balaban J connectivity index is 1.59. The third-order valence-corrected chi connectivity index (χ3v) is 4.99. The van der Waals surface area contributed by atoms with Gasteiger partial charge in [-0.15, -0.1) is 0 Å². The number of hydrogen-bond acceptors (Lipinski definition) is 2. The summed E-state index contributed by atoms with van der Waals surface area (Å²) in [5.41, 5.74) is 5.73. The fourth-order valence-corrected chi connectivity index (χ4v) is 3.31. The van der Waals surface area contributed by atoms with Gasteiger partial charge in [0.1, 0.15) is 0 Å². The number of urea groups is 1. The zero-order valence-electron chi connectivity index (χ0n) is 15.4. The molecule has 1 aliphatic rings. The minimum absolute atomic E-state index is 0.00150. The van der Waals surface area contributed by atoms with E-state index in [1.54, 1.807) is 0 Å². The first-order valence-electron chi connectivity index (χ1n) is 9.04. The van der Waals surface area contributed by atoms with Crippen molar-refractivity contribution >= 4 is 17.4 Å². The van der Waals surface area contributed by atoms with Crippen molar-refractivity contribution in [3.8, 4) is 0 Å². The van der Waals surface area contributed by atoms with Crippen LogP contribution in [0.5, 0.6) is 0 Å². The normalized spacial score (nSPS) is 14.5. The number of anilines is 2. The van der Waals surface area contributed by atoms with Crippen LogP contribution >= 0.6 is 0 Å². The number of para-hydroxylation sites is 1. The molecular weight excluding hydrogens is 310 g/mol. The summed E-state index contributed by atoms with van der Waals surface area (Å²) in [6.07, 6.45) is 1.06. The van der Waals surface area contributed by atoms with Gasteiger partial charge in [-0.1, -0.05) is 37.3 Å². The number of nitrogens with one attached hydrogen (secondary N) is 1. The number of amides is 2. The van der Waals surface area contributed by atoms with Gasteiger partial charge in [0, 0.05) is 37.6 Å². The molecule has 4 nitrogen and oxygen atoms in total. The highest BCUT2D eigenvalue weighted by molar-refractivity contribution is 5.91. The number of nitrogens with zero attached hydrogens (tertiary/aromatic N) is 2. The highest BCUT2D eigenvalue weighted by Crippen LogP contribution is 2.21. The van der Waals surface area contributed by atoms with Crippen LogP contribution in [-0.4, -0.2) is 37.1 Å². The second kappa shape index (κ2) is 7.60. The summed E-state index contributed by atoms with van der Waals surface area (Å²) >= 11 is 0. The zero-order chi connectivity index (χ0) is 17.8. The van der Waals surface area contributed by atoms with E-state index in [2.05, 4.69) is 41.4 Å². The molecule has 0 aromatic heterocycles. The maximum Gasteiger partial charge on any atom is 0.321 e. The number of aryl methyl sites for hydroxylation is 3. The van der Waals surface area contributed by atoms with Gasteiger partial charge in [0.15, 0.2) is 0 Å². The number of carbonyl (C=O) groups excluding carboxylic acids is 1. The van der Waals surface area contributed by atoms with E-state index in [0.717, 1.165) is 49.4 Å². The second-order valence-corrected chi connectivity index (χ2v) is 6.69. The van der Waals surface area contributed by atoms with Gasteiger partial charge < -0.3 is 15.1 Å². The lowest BCUT2D eigenvalue weighted by Crippen LogP contribution is -2.50. The predicted octanol–water partition coefficient (Wildman–Crippen LogP) is 4.22. The van der Waals surface area contributed by atoms with Crippen LogP contribution in [0.25, 0.3) is 0 Å². The summed E-state index contributed by atoms with van der Waals surface area (Å²) < 4.78 is 0. The molecule has 2 aromatic rings. The average molecular weight is 337 g/mol. The minimum Gasteiger partial charge on any atom is -0.368 e. The van der Waals surface area contributed by atoms with Crippen LogP contribution in [0.1, 0.15) is 23.6 Å². The summed E-state index contributed by atoms with van der Waals surface area (Å²) in [5.74, 6) is 0. The van der Waals surface area contributed by atoms with Crippen LogP contribution in [0.15, 0.2) is 42.5 Å². The van der Waals surface area contributed by atoms with Gasteiger partial charge in [-0.25, -0.2) is 4.79 Å². The molecule has 0 saturated carbocycles. The fourth-order valence-electron chi connectivity index (χ4n) is 3.31. The van der Waals surface area contributed by atoms with Gasteiger partial charge in [0.2, 0.25) is 0 Å². The van der Waals surface area contributed by atoms with E-state index in [1.165, 1.54) is 11.3 Å². The Morgan fingerprint density at radius 1 is 0.960 bits per heavy atom. The van der Waals surface area contributed by atoms with Gasteiger partial charge >= 0.3 is 6.03 Å². The Bertz CT molecular complexity index is 711. The lowest BCUT2D eigenvalue weighted by molar-refractivity contribution is 0.208. The Hall–Kier alpha value is -2.49. The van der Waals surface area contributed by atoms with E-state index in [4.69, 9.17) is 0 Å². The highest BCUT2D eigenvalue weighted by atomic mass is 16.2. The van der Waals surface area contributed by atoms with Crippen molar-refractivity contribution in [1.29, 1.82) is 0 Å². The molecule has 3 rings (SSSR count). The second-order valence-electron chi connectivity index (χ2n) is 6.69. The fraction of sp³-hybridized carbons (Fsp3) is 0.381. The van der Waals surface area contributed by atoms with Crippen molar-refractivity contribution in [3.63, 3.8) is 0 Å². The number of hydrogen-bond donors (Lipinski definition) is 1. The van der Waals surface area contributed by atoms with Crippen LogP contribution in [0.3, 0.4) is 0 Å². The third kappa shape index (κ3) is 3.95. The largest absolute Gasteiger partial charge is 0.368 e. The first kappa shape index (κ1) is 17.3. The lowest BCUT2D eigenvalue weighted by atomic mass is 10.1. The van der Waals surface area contributed by atoms with Crippen molar-refractivity contribution < 1.29 is 4.79 Å². The third-order valence-electron chi connectivity index (χ3n) is 4.99. The molecule has 1 aliphatic heterocycles. The van der Waals surface area contributed by atoms with Gasteiger partial charge in [-0.2, -0.15) is 0 Å². The standard InChI is InChI=1S/C21H27N3O/c1-4-18-8-10-19(11-9-18)23-12-14-24(15-13-23)21(25)22-20-16(2)6-5-7-17(20)3/h5-11H,4,12-15H2,1-3H3,(H,22,25). The molecule has 0 spiro atoms. The Labute approximate surface area is 150 Å². The summed E-state index contributed by atoms with van der Waals surface area (Å²) in [6, 6.07) is 14.8. The molecule has 0 aliphatic carbocycles. The lowest BCUT2D eigenvalue weighted by Gasteiger charge is -2.36. The molecule has 1 saturated heterocycles. The molecule has 25 heavy (non-hydrogen) atoms. The summed E-state index contributed by atoms with van der Waals surface area (Å²) in [7, 11) is 0. The Kier molecular flexibility index (Phi) is 5.27. The maximum atomic E-state index is 12.6. The number of carbonyl (C=O) groups is 1. The summed E-state index contributed by atoms with van der Waals surface area (Å²) in [4.78, 5) is 16.8. The molecule has 1 N–H and O–H groups in total. The van der Waals surface area contributed by atoms with E-state index < -0.39 is 0 Å². The topological polar surface area (TPSA) is 35.6 Å². The monoisotopic (exact) mass is 337 g/mol.